The van der Waals surface area contributed by atoms with Crippen LogP contribution in [0.25, 0.3) is 21.9 Å². The molecule has 0 aromatic heterocycles. The second-order valence-electron chi connectivity index (χ2n) is 4.76. The van der Waals surface area contributed by atoms with E-state index < -0.39 is 0 Å². The molecule has 0 aliphatic heterocycles. The molecule has 0 atom stereocenters. The Morgan fingerprint density at radius 2 is 1.33 bits per heavy atom. The molecule has 0 N–H and O–H groups in total. The highest BCUT2D eigenvalue weighted by molar-refractivity contribution is 5.92. The Morgan fingerprint density at radius 1 is 0.667 bits per heavy atom. The van der Waals surface area contributed by atoms with Crippen molar-refractivity contribution in [1.29, 1.82) is 0 Å². The molecule has 0 saturated carbocycles. The van der Waals surface area contributed by atoms with Crippen molar-refractivity contribution >= 4 is 10.8 Å². The quantitative estimate of drug-likeness (QED) is 0.546. The van der Waals surface area contributed by atoms with E-state index in [4.69, 9.17) is 0 Å². The first-order valence-electron chi connectivity index (χ1n) is 6.32. The summed E-state index contributed by atoms with van der Waals surface area (Å²) >= 11 is 0. The largest absolute Gasteiger partial charge is 0.0622 e. The van der Waals surface area contributed by atoms with E-state index >= 15 is 0 Å². The number of hydrogen-bond acceptors (Lipinski definition) is 0. The van der Waals surface area contributed by atoms with Gasteiger partial charge in [-0.15, -0.1) is 0 Å². The van der Waals surface area contributed by atoms with Crippen molar-refractivity contribution < 1.29 is 0 Å². The van der Waals surface area contributed by atoms with Crippen LogP contribution in [0.15, 0.2) is 60.7 Å². The number of fused-ring (bicyclic) bond motifs is 1. The Balaban J connectivity index is 2.34. The molecule has 0 radical (unpaired) electrons. The smallest absolute Gasteiger partial charge is 0.0146 e. The van der Waals surface area contributed by atoms with Gasteiger partial charge < -0.3 is 0 Å². The Bertz CT molecular complexity index is 694. The fourth-order valence-electron chi connectivity index (χ4n) is 2.55. The highest BCUT2D eigenvalue weighted by Gasteiger charge is 2.07. The highest BCUT2D eigenvalue weighted by atomic mass is 14.1. The molecule has 3 rings (SSSR count). The van der Waals surface area contributed by atoms with Crippen molar-refractivity contribution in [2.24, 2.45) is 0 Å². The van der Waals surface area contributed by atoms with E-state index in [1.807, 2.05) is 0 Å². The summed E-state index contributed by atoms with van der Waals surface area (Å²) in [6, 6.07) is 21.5. The van der Waals surface area contributed by atoms with Gasteiger partial charge in [0.25, 0.3) is 0 Å². The Hall–Kier alpha value is -2.08. The van der Waals surface area contributed by atoms with Crippen LogP contribution in [0.5, 0.6) is 0 Å². The maximum absolute atomic E-state index is 2.30. The van der Waals surface area contributed by atoms with Gasteiger partial charge in [-0.05, 0) is 52.9 Å². The number of benzene rings is 3. The molecule has 3 aromatic rings. The fraction of sp³-hybridized carbons (Fsp3) is 0.111. The van der Waals surface area contributed by atoms with Gasteiger partial charge in [0, 0.05) is 0 Å². The number of hydrogen-bond donors (Lipinski definition) is 0. The van der Waals surface area contributed by atoms with Gasteiger partial charge in [0.2, 0.25) is 0 Å². The van der Waals surface area contributed by atoms with Gasteiger partial charge in [-0.25, -0.2) is 0 Å². The molecule has 0 heterocycles. The highest BCUT2D eigenvalue weighted by Crippen LogP contribution is 2.31. The SMILES string of the molecule is Cc1c(-c2ccccc2)cc2ccccc2c1C. The zero-order valence-electron chi connectivity index (χ0n) is 10.8. The summed E-state index contributed by atoms with van der Waals surface area (Å²) in [6.45, 7) is 4.42. The third-order valence-electron chi connectivity index (χ3n) is 3.72. The van der Waals surface area contributed by atoms with Gasteiger partial charge in [0.1, 0.15) is 0 Å². The molecule has 0 aliphatic rings. The lowest BCUT2D eigenvalue weighted by molar-refractivity contribution is 1.38. The first-order valence-corrected chi connectivity index (χ1v) is 6.32. The van der Waals surface area contributed by atoms with Gasteiger partial charge in [-0.1, -0.05) is 54.6 Å². The summed E-state index contributed by atoms with van der Waals surface area (Å²) in [5.41, 5.74) is 5.39. The van der Waals surface area contributed by atoms with Crippen LogP contribution in [-0.2, 0) is 0 Å². The second kappa shape index (κ2) is 4.30. The summed E-state index contributed by atoms with van der Waals surface area (Å²) in [7, 11) is 0. The molecule has 0 fully saturated rings. The molecule has 0 bridgehead atoms. The maximum atomic E-state index is 2.30. The minimum absolute atomic E-state index is 1.30. The van der Waals surface area contributed by atoms with E-state index in [-0.39, 0.29) is 0 Å². The maximum Gasteiger partial charge on any atom is -0.0146 e. The monoisotopic (exact) mass is 232 g/mol. The Labute approximate surface area is 108 Å². The van der Waals surface area contributed by atoms with Gasteiger partial charge >= 0.3 is 0 Å². The van der Waals surface area contributed by atoms with E-state index in [0.29, 0.717) is 0 Å². The third kappa shape index (κ3) is 1.70. The lowest BCUT2D eigenvalue weighted by Gasteiger charge is -2.12. The van der Waals surface area contributed by atoms with Crippen LogP contribution in [0.3, 0.4) is 0 Å². The Kier molecular flexibility index (Phi) is 2.64. The molecule has 0 nitrogen and oxygen atoms in total. The molecule has 18 heavy (non-hydrogen) atoms. The van der Waals surface area contributed by atoms with Crippen LogP contribution in [0.2, 0.25) is 0 Å². The lowest BCUT2D eigenvalue weighted by Crippen LogP contribution is -1.89. The lowest BCUT2D eigenvalue weighted by atomic mass is 9.92. The van der Waals surface area contributed by atoms with E-state index in [0.717, 1.165) is 0 Å². The van der Waals surface area contributed by atoms with Crippen molar-refractivity contribution in [1.82, 2.24) is 0 Å². The zero-order valence-corrected chi connectivity index (χ0v) is 10.8. The van der Waals surface area contributed by atoms with Crippen LogP contribution < -0.4 is 0 Å². The molecular weight excluding hydrogens is 216 g/mol. The van der Waals surface area contributed by atoms with Gasteiger partial charge in [0.15, 0.2) is 0 Å². The summed E-state index contributed by atoms with van der Waals surface area (Å²) in [6.07, 6.45) is 0. The molecule has 0 saturated heterocycles. The van der Waals surface area contributed by atoms with Crippen molar-refractivity contribution in [3.8, 4) is 11.1 Å². The molecule has 3 aromatic carbocycles. The second-order valence-corrected chi connectivity index (χ2v) is 4.76. The molecule has 0 spiro atoms. The first-order chi connectivity index (χ1) is 8.77. The fourth-order valence-corrected chi connectivity index (χ4v) is 2.55. The minimum Gasteiger partial charge on any atom is -0.0622 e. The first kappa shape index (κ1) is 11.0. The van der Waals surface area contributed by atoms with E-state index in [1.54, 1.807) is 0 Å². The van der Waals surface area contributed by atoms with Crippen LogP contribution >= 0.6 is 0 Å². The van der Waals surface area contributed by atoms with Gasteiger partial charge in [0.05, 0.1) is 0 Å². The van der Waals surface area contributed by atoms with E-state index in [2.05, 4.69) is 74.5 Å². The topological polar surface area (TPSA) is 0 Å². The number of aryl methyl sites for hydroxylation is 1. The Morgan fingerprint density at radius 3 is 2.11 bits per heavy atom. The average Bonchev–Trinajstić information content (AvgIpc) is 2.44. The van der Waals surface area contributed by atoms with Gasteiger partial charge in [-0.2, -0.15) is 0 Å². The average molecular weight is 232 g/mol. The minimum atomic E-state index is 1.30. The number of rotatable bonds is 1. The predicted octanol–water partition coefficient (Wildman–Crippen LogP) is 5.12. The zero-order chi connectivity index (χ0) is 12.5. The van der Waals surface area contributed by atoms with Crippen LogP contribution in [0.1, 0.15) is 11.1 Å². The molecule has 0 amide bonds. The standard InChI is InChI=1S/C18H16/c1-13-14(2)18(15-8-4-3-5-9-15)12-16-10-6-7-11-17(13)16/h3-12H,1-2H3. The summed E-state index contributed by atoms with van der Waals surface area (Å²) < 4.78 is 0. The third-order valence-corrected chi connectivity index (χ3v) is 3.72. The molecular formula is C18H16. The molecule has 0 unspecified atom stereocenters. The van der Waals surface area contributed by atoms with Crippen LogP contribution in [-0.4, -0.2) is 0 Å². The summed E-state index contributed by atoms with van der Waals surface area (Å²) in [5.74, 6) is 0. The van der Waals surface area contributed by atoms with Crippen LogP contribution in [0.4, 0.5) is 0 Å². The van der Waals surface area contributed by atoms with Crippen molar-refractivity contribution in [3.05, 3.63) is 71.8 Å². The summed E-state index contributed by atoms with van der Waals surface area (Å²) in [5, 5.41) is 2.68. The molecule has 0 aliphatic carbocycles. The summed E-state index contributed by atoms with van der Waals surface area (Å²) in [4.78, 5) is 0. The van der Waals surface area contributed by atoms with Crippen LogP contribution in [0, 0.1) is 13.8 Å². The molecule has 88 valence electrons. The van der Waals surface area contributed by atoms with Crippen molar-refractivity contribution in [3.63, 3.8) is 0 Å². The molecule has 0 heteroatoms. The van der Waals surface area contributed by atoms with E-state index in [1.165, 1.54) is 33.0 Å². The van der Waals surface area contributed by atoms with Gasteiger partial charge in [-0.3, -0.25) is 0 Å². The predicted molar refractivity (Wildman–Crippen MR) is 78.9 cm³/mol. The van der Waals surface area contributed by atoms with Crippen molar-refractivity contribution in [2.75, 3.05) is 0 Å². The van der Waals surface area contributed by atoms with E-state index in [9.17, 15) is 0 Å². The van der Waals surface area contributed by atoms with Crippen molar-refractivity contribution in [2.45, 2.75) is 13.8 Å². The normalized spacial score (nSPS) is 10.8.